The second kappa shape index (κ2) is 9.25. The molecule has 0 aliphatic heterocycles. The number of ether oxygens (including phenoxy) is 1. The molecular formula is C24H25F3N2O4S. The van der Waals surface area contributed by atoms with Gasteiger partial charge in [0.1, 0.15) is 12.2 Å². The van der Waals surface area contributed by atoms with Crippen LogP contribution in [0.3, 0.4) is 0 Å². The molecule has 2 aromatic carbocycles. The van der Waals surface area contributed by atoms with Crippen LogP contribution in [0.2, 0.25) is 0 Å². The zero-order valence-corrected chi connectivity index (χ0v) is 20.3. The molecule has 0 amide bonds. The van der Waals surface area contributed by atoms with E-state index in [-0.39, 0.29) is 28.5 Å². The van der Waals surface area contributed by atoms with Crippen LogP contribution < -0.4 is 4.74 Å². The lowest BCUT2D eigenvalue weighted by Gasteiger charge is -2.16. The molecular weight excluding hydrogens is 469 g/mol. The molecule has 0 spiro atoms. The number of sulfone groups is 1. The molecule has 0 radical (unpaired) electrons. The zero-order valence-electron chi connectivity index (χ0n) is 19.4. The number of carbonyl (C=O) groups is 1. The predicted octanol–water partition coefficient (Wildman–Crippen LogP) is 5.06. The average molecular weight is 495 g/mol. The second-order valence-electron chi connectivity index (χ2n) is 8.09. The van der Waals surface area contributed by atoms with E-state index in [0.29, 0.717) is 28.8 Å². The number of ketones is 1. The van der Waals surface area contributed by atoms with Crippen LogP contribution in [0.1, 0.15) is 50.7 Å². The minimum absolute atomic E-state index is 0.131. The molecule has 3 aromatic rings. The van der Waals surface area contributed by atoms with Crippen molar-refractivity contribution in [3.8, 4) is 5.88 Å². The summed E-state index contributed by atoms with van der Waals surface area (Å²) in [5, 5.41) is 4.18. The van der Waals surface area contributed by atoms with Crippen LogP contribution in [-0.2, 0) is 29.2 Å². The number of benzene rings is 2. The number of aryl methyl sites for hydroxylation is 2. The highest BCUT2D eigenvalue weighted by Gasteiger charge is 2.30. The quantitative estimate of drug-likeness (QED) is 0.429. The van der Waals surface area contributed by atoms with Gasteiger partial charge in [0.25, 0.3) is 0 Å². The first-order valence-electron chi connectivity index (χ1n) is 10.5. The van der Waals surface area contributed by atoms with Gasteiger partial charge in [-0.05, 0) is 68.1 Å². The van der Waals surface area contributed by atoms with Gasteiger partial charge in [0.2, 0.25) is 5.88 Å². The summed E-state index contributed by atoms with van der Waals surface area (Å²) in [6.07, 6.45) is -2.01. The molecule has 0 fully saturated rings. The molecule has 6 nitrogen and oxygen atoms in total. The number of hydrogen-bond donors (Lipinski definition) is 0. The molecule has 0 atom stereocenters. The second-order valence-corrected chi connectivity index (χ2v) is 10.0. The Labute approximate surface area is 196 Å². The summed E-state index contributed by atoms with van der Waals surface area (Å²) in [6, 6.07) is 6.30. The Kier molecular flexibility index (Phi) is 6.93. The molecule has 182 valence electrons. The van der Waals surface area contributed by atoms with Gasteiger partial charge in [-0.25, -0.2) is 13.1 Å². The van der Waals surface area contributed by atoms with Gasteiger partial charge in [-0.1, -0.05) is 12.1 Å². The molecule has 0 bridgehead atoms. The summed E-state index contributed by atoms with van der Waals surface area (Å²) in [7, 11) is -3.49. The summed E-state index contributed by atoms with van der Waals surface area (Å²) in [4.78, 5) is 13.6. The molecule has 0 saturated heterocycles. The Morgan fingerprint density at radius 3 is 2.35 bits per heavy atom. The number of hydrogen-bond acceptors (Lipinski definition) is 5. The third-order valence-corrected chi connectivity index (χ3v) is 6.98. The van der Waals surface area contributed by atoms with Gasteiger partial charge in [0, 0.05) is 18.4 Å². The fourth-order valence-electron chi connectivity index (χ4n) is 3.91. The number of alkyl halides is 3. The van der Waals surface area contributed by atoms with Gasteiger partial charge in [-0.2, -0.15) is 18.3 Å². The van der Waals surface area contributed by atoms with Crippen molar-refractivity contribution in [2.24, 2.45) is 0 Å². The molecule has 10 heteroatoms. The topological polar surface area (TPSA) is 78.3 Å². The Balaban J connectivity index is 1.99. The summed E-state index contributed by atoms with van der Waals surface area (Å²) in [5.41, 5.74) is 1.40. The number of halogens is 3. The van der Waals surface area contributed by atoms with Crippen LogP contribution in [0.25, 0.3) is 0 Å². The van der Waals surface area contributed by atoms with Crippen molar-refractivity contribution in [2.45, 2.75) is 51.9 Å². The van der Waals surface area contributed by atoms with Crippen LogP contribution in [0, 0.1) is 20.8 Å². The van der Waals surface area contributed by atoms with Gasteiger partial charge >= 0.3 is 6.18 Å². The van der Waals surface area contributed by atoms with Crippen molar-refractivity contribution in [1.29, 1.82) is 0 Å². The fourth-order valence-corrected chi connectivity index (χ4v) is 5.26. The van der Waals surface area contributed by atoms with Crippen LogP contribution in [0.15, 0.2) is 41.4 Å². The number of aromatic nitrogens is 2. The summed E-state index contributed by atoms with van der Waals surface area (Å²) < 4.78 is 70.7. The van der Waals surface area contributed by atoms with E-state index in [1.165, 1.54) is 29.1 Å². The molecule has 0 saturated carbocycles. The number of nitrogens with zero attached hydrogens (tertiary/aromatic N) is 2. The SMILES string of the molecule is CCn1ncc(C(=O)c2cc(C)c(S(C)(=O)=O)c(C)c2C)c1OCc1cccc(C(F)(F)F)c1. The van der Waals surface area contributed by atoms with Crippen molar-refractivity contribution in [3.63, 3.8) is 0 Å². The van der Waals surface area contributed by atoms with E-state index in [0.717, 1.165) is 18.4 Å². The molecule has 1 heterocycles. The minimum atomic E-state index is -4.48. The largest absolute Gasteiger partial charge is 0.472 e. The average Bonchev–Trinajstić information content (AvgIpc) is 3.16. The van der Waals surface area contributed by atoms with E-state index in [1.807, 2.05) is 0 Å². The number of carbonyl (C=O) groups excluding carboxylic acids is 1. The van der Waals surface area contributed by atoms with Crippen LogP contribution in [0.5, 0.6) is 5.88 Å². The highest BCUT2D eigenvalue weighted by Crippen LogP contribution is 2.32. The van der Waals surface area contributed by atoms with Crippen LogP contribution in [-0.4, -0.2) is 30.2 Å². The summed E-state index contributed by atoms with van der Waals surface area (Å²) >= 11 is 0. The maximum atomic E-state index is 13.4. The minimum Gasteiger partial charge on any atom is -0.472 e. The first-order chi connectivity index (χ1) is 15.8. The van der Waals surface area contributed by atoms with E-state index in [1.54, 1.807) is 27.7 Å². The predicted molar refractivity (Wildman–Crippen MR) is 121 cm³/mol. The van der Waals surface area contributed by atoms with E-state index >= 15 is 0 Å². The first-order valence-corrected chi connectivity index (χ1v) is 12.3. The van der Waals surface area contributed by atoms with E-state index in [9.17, 15) is 26.4 Å². The van der Waals surface area contributed by atoms with E-state index < -0.39 is 27.4 Å². The monoisotopic (exact) mass is 494 g/mol. The molecule has 34 heavy (non-hydrogen) atoms. The number of rotatable bonds is 7. The Morgan fingerprint density at radius 1 is 1.09 bits per heavy atom. The fraction of sp³-hybridized carbons (Fsp3) is 0.333. The van der Waals surface area contributed by atoms with Crippen LogP contribution >= 0.6 is 0 Å². The summed E-state index contributed by atoms with van der Waals surface area (Å²) in [6.45, 7) is 6.91. The molecule has 0 aliphatic rings. The standard InChI is InChI=1S/C24H25F3N2O4S/c1-6-29-23(33-13-17-8-7-9-18(11-17)24(25,26)27)20(12-28-29)21(30)19-10-14(2)22(34(5,31)32)16(4)15(19)3/h7-12H,6,13H2,1-5H3. The smallest absolute Gasteiger partial charge is 0.416 e. The van der Waals surface area contributed by atoms with Gasteiger partial charge < -0.3 is 4.74 Å². The summed E-state index contributed by atoms with van der Waals surface area (Å²) in [5.74, 6) is -0.283. The lowest BCUT2D eigenvalue weighted by atomic mass is 9.95. The Bertz CT molecular complexity index is 1360. The van der Waals surface area contributed by atoms with Gasteiger partial charge in [0.05, 0.1) is 16.7 Å². The van der Waals surface area contributed by atoms with Crippen molar-refractivity contribution < 1.29 is 31.1 Å². The molecule has 0 aliphatic carbocycles. The first kappa shape index (κ1) is 25.5. The molecule has 3 rings (SSSR count). The zero-order chi connectivity index (χ0) is 25.4. The van der Waals surface area contributed by atoms with Crippen molar-refractivity contribution in [3.05, 3.63) is 75.5 Å². The van der Waals surface area contributed by atoms with Gasteiger partial charge in [-0.15, -0.1) is 0 Å². The lowest BCUT2D eigenvalue weighted by molar-refractivity contribution is -0.137. The third kappa shape index (κ3) is 5.01. The van der Waals surface area contributed by atoms with E-state index in [2.05, 4.69) is 5.10 Å². The molecule has 0 N–H and O–H groups in total. The normalized spacial score (nSPS) is 12.1. The highest BCUT2D eigenvalue weighted by molar-refractivity contribution is 7.90. The maximum Gasteiger partial charge on any atom is 0.416 e. The van der Waals surface area contributed by atoms with Crippen LogP contribution in [0.4, 0.5) is 13.2 Å². The lowest BCUT2D eigenvalue weighted by Crippen LogP contribution is -2.12. The van der Waals surface area contributed by atoms with Gasteiger partial charge in [0.15, 0.2) is 15.6 Å². The van der Waals surface area contributed by atoms with Crippen molar-refractivity contribution >= 4 is 15.6 Å². The van der Waals surface area contributed by atoms with Crippen molar-refractivity contribution in [2.75, 3.05) is 6.26 Å². The molecule has 0 unspecified atom stereocenters. The highest BCUT2D eigenvalue weighted by atomic mass is 32.2. The van der Waals surface area contributed by atoms with Gasteiger partial charge in [-0.3, -0.25) is 4.79 Å². The van der Waals surface area contributed by atoms with E-state index in [4.69, 9.17) is 4.74 Å². The Morgan fingerprint density at radius 2 is 1.76 bits per heavy atom. The third-order valence-electron chi connectivity index (χ3n) is 5.61. The molecule has 1 aromatic heterocycles. The Hall–Kier alpha value is -3.14. The van der Waals surface area contributed by atoms with Crippen molar-refractivity contribution in [1.82, 2.24) is 9.78 Å². The maximum absolute atomic E-state index is 13.4.